The Kier molecular flexibility index (Phi) is 3.58. The van der Waals surface area contributed by atoms with Gasteiger partial charge in [-0.1, -0.05) is 0 Å². The van der Waals surface area contributed by atoms with Crippen molar-refractivity contribution in [1.29, 1.82) is 0 Å². The van der Waals surface area contributed by atoms with Gasteiger partial charge in [-0.3, -0.25) is 0 Å². The first-order chi connectivity index (χ1) is 11.8. The van der Waals surface area contributed by atoms with Gasteiger partial charge in [0, 0.05) is 12.1 Å². The Hall–Kier alpha value is -2.73. The van der Waals surface area contributed by atoms with Crippen LogP contribution in [0.2, 0.25) is 0 Å². The first kappa shape index (κ1) is 15.8. The summed E-state index contributed by atoms with van der Waals surface area (Å²) in [6.45, 7) is 0.237. The van der Waals surface area contributed by atoms with Crippen LogP contribution in [0.4, 0.5) is 0 Å². The first-order valence-corrected chi connectivity index (χ1v) is 7.62. The predicted molar refractivity (Wildman–Crippen MR) is 89.0 cm³/mol. The van der Waals surface area contributed by atoms with Crippen LogP contribution in [0.1, 0.15) is 0 Å². The summed E-state index contributed by atoms with van der Waals surface area (Å²) in [6, 6.07) is 11.7. The molecule has 0 fully saturated rings. The molecular formula is C19H14BrNO4. The molecule has 0 saturated heterocycles. The Balaban J connectivity index is 0.00000157. The van der Waals surface area contributed by atoms with Gasteiger partial charge < -0.3 is 36.3 Å². The number of methoxy groups -OCH3 is 1. The van der Waals surface area contributed by atoms with Gasteiger partial charge in [-0.05, 0) is 35.0 Å². The van der Waals surface area contributed by atoms with Gasteiger partial charge in [0.05, 0.1) is 12.5 Å². The second-order valence-corrected chi connectivity index (χ2v) is 5.76. The maximum atomic E-state index is 10.4. The van der Waals surface area contributed by atoms with Crippen LogP contribution in [0.3, 0.4) is 0 Å². The van der Waals surface area contributed by atoms with E-state index in [2.05, 4.69) is 0 Å². The van der Waals surface area contributed by atoms with Crippen LogP contribution in [0.25, 0.3) is 27.1 Å². The number of fused-ring (bicyclic) bond motifs is 6. The van der Waals surface area contributed by atoms with Crippen molar-refractivity contribution < 1.29 is 40.7 Å². The van der Waals surface area contributed by atoms with E-state index in [0.29, 0.717) is 5.75 Å². The molecule has 1 aliphatic heterocycles. The highest BCUT2D eigenvalue weighted by molar-refractivity contribution is 6.03. The lowest BCUT2D eigenvalue weighted by molar-refractivity contribution is -0.509. The summed E-state index contributed by atoms with van der Waals surface area (Å²) in [7, 11) is 1.54. The number of rotatable bonds is 1. The molecule has 0 bridgehead atoms. The van der Waals surface area contributed by atoms with Crippen LogP contribution in [-0.2, 0) is 0 Å². The number of nitrogens with zero attached hydrogens (tertiary/aromatic N) is 1. The summed E-state index contributed by atoms with van der Waals surface area (Å²) in [6.07, 6.45) is 3.87. The Labute approximate surface area is 153 Å². The summed E-state index contributed by atoms with van der Waals surface area (Å²) < 4.78 is 18.4. The average Bonchev–Trinajstić information content (AvgIpc) is 3.09. The zero-order valence-corrected chi connectivity index (χ0v) is 14.9. The summed E-state index contributed by atoms with van der Waals surface area (Å²) in [5, 5.41) is 14.1. The van der Waals surface area contributed by atoms with Crippen molar-refractivity contribution in [3.8, 4) is 23.0 Å². The number of aromatic hydroxyl groups is 1. The smallest absolute Gasteiger partial charge is 0.231 e. The molecule has 0 spiro atoms. The Bertz CT molecular complexity index is 1140. The van der Waals surface area contributed by atoms with Crippen LogP contribution < -0.4 is 35.6 Å². The van der Waals surface area contributed by atoms with Crippen LogP contribution in [0.5, 0.6) is 23.0 Å². The molecule has 0 amide bonds. The molecule has 5 rings (SSSR count). The number of phenolic OH excluding ortho intramolecular Hbond substituents is 1. The molecular weight excluding hydrogens is 386 g/mol. The number of hydrogen-bond donors (Lipinski definition) is 1. The topological polar surface area (TPSA) is 52.0 Å². The minimum atomic E-state index is 0. The van der Waals surface area contributed by atoms with Gasteiger partial charge in [0.2, 0.25) is 12.3 Å². The third-order valence-electron chi connectivity index (χ3n) is 4.51. The number of ether oxygens (including phenoxy) is 3. The minimum absolute atomic E-state index is 0. The molecule has 126 valence electrons. The molecule has 0 radical (unpaired) electrons. The van der Waals surface area contributed by atoms with Gasteiger partial charge in [-0.25, -0.2) is 0 Å². The van der Waals surface area contributed by atoms with Crippen molar-refractivity contribution in [2.45, 2.75) is 0 Å². The standard InChI is InChI=1S/C19H13NO4.BrH/c1-22-15-4-3-12-8-14-17-11(2-5-16-19(17)24-10-23-16)6-7-20(14)9-13(12)18(15)21;/h2-9H,10H2,1H3;1H. The molecule has 0 saturated carbocycles. The zero-order valence-electron chi connectivity index (χ0n) is 13.3. The van der Waals surface area contributed by atoms with Crippen LogP contribution >= 0.6 is 0 Å². The van der Waals surface area contributed by atoms with Gasteiger partial charge in [0.1, 0.15) is 5.39 Å². The Morgan fingerprint density at radius 1 is 1.08 bits per heavy atom. The molecule has 0 unspecified atom stereocenters. The molecule has 3 heterocycles. The highest BCUT2D eigenvalue weighted by Gasteiger charge is 2.22. The normalized spacial score (nSPS) is 12.5. The lowest BCUT2D eigenvalue weighted by Crippen LogP contribution is -3.00. The number of aromatic nitrogens is 1. The first-order valence-electron chi connectivity index (χ1n) is 7.62. The quantitative estimate of drug-likeness (QED) is 0.282. The molecule has 0 atom stereocenters. The number of halogens is 1. The van der Waals surface area contributed by atoms with Gasteiger partial charge in [0.25, 0.3) is 0 Å². The summed E-state index contributed by atoms with van der Waals surface area (Å²) in [5.41, 5.74) is 0.993. The van der Waals surface area contributed by atoms with Crippen LogP contribution in [-0.4, -0.2) is 19.0 Å². The third kappa shape index (κ3) is 2.17. The van der Waals surface area contributed by atoms with E-state index in [1.165, 1.54) is 0 Å². The minimum Gasteiger partial charge on any atom is -1.00 e. The van der Waals surface area contributed by atoms with E-state index >= 15 is 0 Å². The van der Waals surface area contributed by atoms with Gasteiger partial charge in [0.15, 0.2) is 35.4 Å². The van der Waals surface area contributed by atoms with Crippen LogP contribution in [0, 0.1) is 0 Å². The van der Waals surface area contributed by atoms with E-state index in [4.69, 9.17) is 14.2 Å². The monoisotopic (exact) mass is 399 g/mol. The molecule has 5 nitrogen and oxygen atoms in total. The highest BCUT2D eigenvalue weighted by atomic mass is 79.9. The van der Waals surface area contributed by atoms with E-state index in [9.17, 15) is 5.11 Å². The fraction of sp³-hybridized carbons (Fsp3) is 0.105. The maximum absolute atomic E-state index is 10.4. The largest absolute Gasteiger partial charge is 1.00 e. The van der Waals surface area contributed by atoms with Gasteiger partial charge in [-0.15, -0.1) is 0 Å². The van der Waals surface area contributed by atoms with E-state index in [1.807, 2.05) is 47.1 Å². The highest BCUT2D eigenvalue weighted by Crippen LogP contribution is 2.41. The second-order valence-electron chi connectivity index (χ2n) is 5.76. The summed E-state index contributed by atoms with van der Waals surface area (Å²) in [5.74, 6) is 2.12. The van der Waals surface area contributed by atoms with Crippen molar-refractivity contribution in [3.05, 3.63) is 48.8 Å². The Morgan fingerprint density at radius 2 is 1.92 bits per heavy atom. The van der Waals surface area contributed by atoms with Crippen molar-refractivity contribution >= 4 is 27.1 Å². The number of pyridine rings is 2. The molecule has 2 aromatic carbocycles. The van der Waals surface area contributed by atoms with Gasteiger partial charge >= 0.3 is 0 Å². The molecule has 2 aromatic heterocycles. The Morgan fingerprint density at radius 3 is 2.76 bits per heavy atom. The van der Waals surface area contributed by atoms with E-state index < -0.39 is 0 Å². The molecule has 1 aliphatic rings. The fourth-order valence-corrected chi connectivity index (χ4v) is 3.34. The van der Waals surface area contributed by atoms with Crippen molar-refractivity contribution in [3.63, 3.8) is 0 Å². The molecule has 0 aliphatic carbocycles. The number of phenols is 1. The predicted octanol–water partition coefficient (Wildman–Crippen LogP) is 0.179. The number of benzene rings is 2. The van der Waals surface area contributed by atoms with Gasteiger partial charge in [-0.2, -0.15) is 4.40 Å². The summed E-state index contributed by atoms with van der Waals surface area (Å²) in [4.78, 5) is 0. The zero-order chi connectivity index (χ0) is 16.3. The van der Waals surface area contributed by atoms with Crippen molar-refractivity contribution in [1.82, 2.24) is 0 Å². The maximum Gasteiger partial charge on any atom is 0.231 e. The van der Waals surface area contributed by atoms with Crippen molar-refractivity contribution in [2.75, 3.05) is 13.9 Å². The summed E-state index contributed by atoms with van der Waals surface area (Å²) >= 11 is 0. The lowest BCUT2D eigenvalue weighted by atomic mass is 10.1. The molecule has 6 heteroatoms. The van der Waals surface area contributed by atoms with E-state index in [0.717, 1.165) is 38.6 Å². The van der Waals surface area contributed by atoms with E-state index in [1.54, 1.807) is 13.2 Å². The molecule has 25 heavy (non-hydrogen) atoms. The van der Waals surface area contributed by atoms with Crippen LogP contribution in [0.15, 0.2) is 48.8 Å². The molecule has 1 N–H and O–H groups in total. The average molecular weight is 400 g/mol. The van der Waals surface area contributed by atoms with E-state index in [-0.39, 0.29) is 29.5 Å². The number of hydrogen-bond acceptors (Lipinski definition) is 4. The fourth-order valence-electron chi connectivity index (χ4n) is 3.34. The lowest BCUT2D eigenvalue weighted by Gasteiger charge is -2.07. The van der Waals surface area contributed by atoms with Crippen molar-refractivity contribution in [2.24, 2.45) is 0 Å². The SMILES string of the molecule is COc1ccc2cc3c4c5c(ccc4cc[n+]3cc2c1O)OCO5.[Br-]. The third-order valence-corrected chi connectivity index (χ3v) is 4.51. The molecule has 4 aromatic rings. The second kappa shape index (κ2) is 5.67.